The van der Waals surface area contributed by atoms with Crippen molar-refractivity contribution in [1.29, 1.82) is 0 Å². The lowest BCUT2D eigenvalue weighted by Gasteiger charge is -2.34. The van der Waals surface area contributed by atoms with Gasteiger partial charge in [0, 0.05) is 24.2 Å². The maximum absolute atomic E-state index is 12.7. The smallest absolute Gasteiger partial charge is 0.322 e. The fraction of sp³-hybridized carbons (Fsp3) is 0.368. The maximum atomic E-state index is 12.7. The molecule has 1 aromatic carbocycles. The molecule has 1 saturated heterocycles. The van der Waals surface area contributed by atoms with Gasteiger partial charge < -0.3 is 19.4 Å². The number of urea groups is 1. The van der Waals surface area contributed by atoms with E-state index in [0.717, 1.165) is 17.9 Å². The zero-order valence-corrected chi connectivity index (χ0v) is 14.5. The number of ketones is 1. The molecule has 0 bridgehead atoms. The van der Waals surface area contributed by atoms with E-state index in [0.29, 0.717) is 31.0 Å². The third kappa shape index (κ3) is 3.91. The normalized spacial score (nSPS) is 17.4. The van der Waals surface area contributed by atoms with Gasteiger partial charge in [-0.05, 0) is 31.2 Å². The first-order chi connectivity index (χ1) is 12.1. The van der Waals surface area contributed by atoms with Gasteiger partial charge in [-0.1, -0.05) is 19.1 Å². The van der Waals surface area contributed by atoms with Crippen LogP contribution in [0.5, 0.6) is 0 Å². The van der Waals surface area contributed by atoms with Gasteiger partial charge in [-0.3, -0.25) is 4.79 Å². The lowest BCUT2D eigenvalue weighted by Crippen LogP contribution is -2.45. The Hall–Kier alpha value is -2.60. The second-order valence-electron chi connectivity index (χ2n) is 6.01. The molecule has 132 valence electrons. The minimum absolute atomic E-state index is 0.0389. The zero-order chi connectivity index (χ0) is 17.8. The second kappa shape index (κ2) is 7.53. The van der Waals surface area contributed by atoms with Crippen molar-refractivity contribution in [3.05, 3.63) is 53.5 Å². The number of Topliss-reactive ketones (excluding diaryl/α,β-unsaturated/α-hetero) is 1. The number of morpholine rings is 1. The molecule has 2 heterocycles. The first-order valence-electron chi connectivity index (χ1n) is 8.43. The summed E-state index contributed by atoms with van der Waals surface area (Å²) >= 11 is 0. The lowest BCUT2D eigenvalue weighted by molar-refractivity contribution is 0.00702. The molecule has 1 unspecified atom stereocenters. The molecular formula is C19H22N2O4. The van der Waals surface area contributed by atoms with Gasteiger partial charge in [0.25, 0.3) is 0 Å². The lowest BCUT2D eigenvalue weighted by atomic mass is 10.1. The van der Waals surface area contributed by atoms with Crippen LogP contribution in [0.4, 0.5) is 10.5 Å². The Kier molecular flexibility index (Phi) is 5.19. The van der Waals surface area contributed by atoms with Crippen molar-refractivity contribution in [2.75, 3.05) is 25.1 Å². The van der Waals surface area contributed by atoms with Crippen LogP contribution in [-0.2, 0) is 11.2 Å². The molecule has 6 heteroatoms. The summed E-state index contributed by atoms with van der Waals surface area (Å²) in [6.45, 7) is 4.88. The average Bonchev–Trinajstić information content (AvgIpc) is 3.11. The molecule has 0 saturated carbocycles. The highest BCUT2D eigenvalue weighted by Gasteiger charge is 2.31. The van der Waals surface area contributed by atoms with Gasteiger partial charge in [0.15, 0.2) is 5.78 Å². The topological polar surface area (TPSA) is 71.8 Å². The van der Waals surface area contributed by atoms with Crippen molar-refractivity contribution in [2.24, 2.45) is 0 Å². The van der Waals surface area contributed by atoms with Gasteiger partial charge in [-0.15, -0.1) is 0 Å². The Morgan fingerprint density at radius 3 is 2.84 bits per heavy atom. The number of furan rings is 1. The Bertz CT molecular complexity index is 768. The van der Waals surface area contributed by atoms with Crippen LogP contribution < -0.4 is 5.32 Å². The number of benzene rings is 1. The van der Waals surface area contributed by atoms with Gasteiger partial charge >= 0.3 is 6.03 Å². The van der Waals surface area contributed by atoms with Crippen molar-refractivity contribution in [3.63, 3.8) is 0 Å². The van der Waals surface area contributed by atoms with Crippen LogP contribution in [0, 0.1) is 0 Å². The first-order valence-corrected chi connectivity index (χ1v) is 8.43. The van der Waals surface area contributed by atoms with Crippen LogP contribution in [0.3, 0.4) is 0 Å². The number of anilines is 1. The highest BCUT2D eigenvalue weighted by atomic mass is 16.5. The Labute approximate surface area is 146 Å². The van der Waals surface area contributed by atoms with Crippen LogP contribution in [-0.4, -0.2) is 36.5 Å². The highest BCUT2D eigenvalue weighted by molar-refractivity contribution is 5.96. The Morgan fingerprint density at radius 2 is 2.12 bits per heavy atom. The highest BCUT2D eigenvalue weighted by Crippen LogP contribution is 2.27. The summed E-state index contributed by atoms with van der Waals surface area (Å²) in [5.74, 6) is 1.57. The summed E-state index contributed by atoms with van der Waals surface area (Å²) in [6.07, 6.45) is 0.803. The van der Waals surface area contributed by atoms with E-state index in [1.807, 2.05) is 19.1 Å². The van der Waals surface area contributed by atoms with Crippen LogP contribution >= 0.6 is 0 Å². The predicted octanol–water partition coefficient (Wildman–Crippen LogP) is 3.65. The molecule has 1 fully saturated rings. The molecular weight excluding hydrogens is 320 g/mol. The number of aryl methyl sites for hydroxylation is 1. The monoisotopic (exact) mass is 342 g/mol. The quantitative estimate of drug-likeness (QED) is 0.861. The van der Waals surface area contributed by atoms with Crippen molar-refractivity contribution >= 4 is 17.5 Å². The van der Waals surface area contributed by atoms with E-state index >= 15 is 0 Å². The van der Waals surface area contributed by atoms with Crippen molar-refractivity contribution in [1.82, 2.24) is 4.90 Å². The zero-order valence-electron chi connectivity index (χ0n) is 14.5. The predicted molar refractivity (Wildman–Crippen MR) is 93.8 cm³/mol. The molecule has 1 aliphatic rings. The maximum Gasteiger partial charge on any atom is 0.322 e. The summed E-state index contributed by atoms with van der Waals surface area (Å²) in [5, 5.41) is 2.86. The summed E-state index contributed by atoms with van der Waals surface area (Å²) in [4.78, 5) is 26.0. The van der Waals surface area contributed by atoms with Gasteiger partial charge in [0.1, 0.15) is 17.6 Å². The van der Waals surface area contributed by atoms with Crippen LogP contribution in [0.1, 0.15) is 41.8 Å². The standard InChI is InChI=1S/C19H22N2O4/c1-3-16-7-8-18(25-16)17-12-24-10-9-21(17)19(23)20-15-6-4-5-14(11-15)13(2)22/h4-8,11,17H,3,9-10,12H2,1-2H3,(H,20,23). The van der Waals surface area contributed by atoms with Gasteiger partial charge in [-0.2, -0.15) is 0 Å². The molecule has 2 amide bonds. The molecule has 0 spiro atoms. The summed E-state index contributed by atoms with van der Waals surface area (Å²) < 4.78 is 11.3. The van der Waals surface area contributed by atoms with E-state index in [4.69, 9.17) is 9.15 Å². The van der Waals surface area contributed by atoms with E-state index < -0.39 is 0 Å². The number of ether oxygens (including phenoxy) is 1. The fourth-order valence-corrected chi connectivity index (χ4v) is 2.86. The van der Waals surface area contributed by atoms with Crippen molar-refractivity contribution in [2.45, 2.75) is 26.3 Å². The molecule has 2 aromatic rings. The molecule has 1 aliphatic heterocycles. The number of carbonyl (C=O) groups is 2. The number of rotatable bonds is 4. The number of hydrogen-bond donors (Lipinski definition) is 1. The van der Waals surface area contributed by atoms with Gasteiger partial charge in [0.05, 0.1) is 13.2 Å². The SMILES string of the molecule is CCc1ccc(C2COCCN2C(=O)Nc2cccc(C(C)=O)c2)o1. The molecule has 6 nitrogen and oxygen atoms in total. The summed E-state index contributed by atoms with van der Waals surface area (Å²) in [7, 11) is 0. The van der Waals surface area contributed by atoms with Crippen molar-refractivity contribution in [3.8, 4) is 0 Å². The van der Waals surface area contributed by atoms with Gasteiger partial charge in [0.2, 0.25) is 0 Å². The van der Waals surface area contributed by atoms with E-state index in [-0.39, 0.29) is 17.9 Å². The van der Waals surface area contributed by atoms with Crippen LogP contribution in [0.2, 0.25) is 0 Å². The molecule has 3 rings (SSSR count). The molecule has 0 radical (unpaired) electrons. The van der Waals surface area contributed by atoms with Crippen molar-refractivity contribution < 1.29 is 18.7 Å². The van der Waals surface area contributed by atoms with E-state index in [1.54, 1.807) is 29.2 Å². The fourth-order valence-electron chi connectivity index (χ4n) is 2.86. The Balaban J connectivity index is 1.76. The summed E-state index contributed by atoms with van der Waals surface area (Å²) in [5.41, 5.74) is 1.16. The van der Waals surface area contributed by atoms with E-state index in [2.05, 4.69) is 5.32 Å². The number of nitrogens with zero attached hydrogens (tertiary/aromatic N) is 1. The third-order valence-corrected chi connectivity index (χ3v) is 4.27. The number of nitrogens with one attached hydrogen (secondary N) is 1. The van der Waals surface area contributed by atoms with Gasteiger partial charge in [-0.25, -0.2) is 4.79 Å². The molecule has 1 N–H and O–H groups in total. The van der Waals surface area contributed by atoms with E-state index in [9.17, 15) is 9.59 Å². The number of carbonyl (C=O) groups excluding carboxylic acids is 2. The molecule has 25 heavy (non-hydrogen) atoms. The average molecular weight is 342 g/mol. The minimum Gasteiger partial charge on any atom is -0.464 e. The number of amides is 2. The summed E-state index contributed by atoms with van der Waals surface area (Å²) in [6, 6.07) is 10.3. The Morgan fingerprint density at radius 1 is 1.28 bits per heavy atom. The van der Waals surface area contributed by atoms with E-state index in [1.165, 1.54) is 6.92 Å². The van der Waals surface area contributed by atoms with Crippen LogP contribution in [0.25, 0.3) is 0 Å². The third-order valence-electron chi connectivity index (χ3n) is 4.27. The number of hydrogen-bond acceptors (Lipinski definition) is 4. The largest absolute Gasteiger partial charge is 0.464 e. The van der Waals surface area contributed by atoms with Crippen LogP contribution in [0.15, 0.2) is 40.8 Å². The molecule has 0 aliphatic carbocycles. The molecule has 1 aromatic heterocycles. The molecule has 1 atom stereocenters. The minimum atomic E-state index is -0.259. The second-order valence-corrected chi connectivity index (χ2v) is 6.01. The first kappa shape index (κ1) is 17.2.